The van der Waals surface area contributed by atoms with E-state index in [2.05, 4.69) is 0 Å². The quantitative estimate of drug-likeness (QED) is 0.433. The van der Waals surface area contributed by atoms with E-state index in [1.165, 1.54) is 16.7 Å². The van der Waals surface area contributed by atoms with Crippen molar-refractivity contribution in [3.8, 4) is 0 Å². The van der Waals surface area contributed by atoms with Crippen molar-refractivity contribution in [3.63, 3.8) is 0 Å². The van der Waals surface area contributed by atoms with E-state index < -0.39 is 51.2 Å². The van der Waals surface area contributed by atoms with E-state index in [-0.39, 0.29) is 12.5 Å². The number of alkyl halides is 3. The van der Waals surface area contributed by atoms with Crippen LogP contribution in [0.2, 0.25) is 0 Å². The van der Waals surface area contributed by atoms with Gasteiger partial charge in [-0.05, 0) is 17.7 Å². The van der Waals surface area contributed by atoms with Gasteiger partial charge < -0.3 is 9.64 Å². The van der Waals surface area contributed by atoms with E-state index in [4.69, 9.17) is 4.74 Å². The Kier molecular flexibility index (Phi) is 6.83. The second kappa shape index (κ2) is 10.2. The molecule has 0 radical (unpaired) electrons. The highest BCUT2D eigenvalue weighted by atomic mass is 32.2. The third kappa shape index (κ3) is 4.45. The number of morpholine rings is 1. The molecule has 2 fully saturated rings. The van der Waals surface area contributed by atoms with Crippen LogP contribution in [-0.2, 0) is 31.8 Å². The number of halogens is 3. The molecule has 2 saturated heterocycles. The predicted molar refractivity (Wildman–Crippen MR) is 141 cm³/mol. The second-order valence-electron chi connectivity index (χ2n) is 9.60. The summed E-state index contributed by atoms with van der Waals surface area (Å²) in [5.41, 5.74) is -0.950. The van der Waals surface area contributed by atoms with Gasteiger partial charge in [-0.2, -0.15) is 13.2 Å². The lowest BCUT2D eigenvalue weighted by Crippen LogP contribution is -2.43. The molecule has 4 heterocycles. The van der Waals surface area contributed by atoms with Crippen LogP contribution in [0.15, 0.2) is 64.4 Å². The molecule has 8 nitrogen and oxygen atoms in total. The first-order valence-corrected chi connectivity index (χ1v) is 14.2. The van der Waals surface area contributed by atoms with Crippen molar-refractivity contribution >= 4 is 46.5 Å². The number of hydrogen-bond donors (Lipinski definition) is 0. The normalized spacial score (nSPS) is 22.8. The van der Waals surface area contributed by atoms with E-state index in [1.807, 2.05) is 0 Å². The number of carbonyl (C=O) groups is 3. The SMILES string of the molecule is O=C(Cn1c2c(sc1=O)[C@@H](c1ccccc1)[C@@H]1C(=O)N(c3ccccc3C(F)(F)F)C(=O)[C@@H]1S2)N1CCOCC1. The number of thioether (sulfide) groups is 1. The van der Waals surface area contributed by atoms with Gasteiger partial charge >= 0.3 is 11.0 Å². The van der Waals surface area contributed by atoms with Crippen molar-refractivity contribution < 1.29 is 32.3 Å². The third-order valence-electron chi connectivity index (χ3n) is 7.32. The average Bonchev–Trinajstić information content (AvgIpc) is 3.39. The summed E-state index contributed by atoms with van der Waals surface area (Å²) in [5.74, 6) is -3.60. The molecule has 0 N–H and O–H groups in total. The number of ether oxygens (including phenoxy) is 1. The van der Waals surface area contributed by atoms with Crippen LogP contribution in [0.5, 0.6) is 0 Å². The minimum atomic E-state index is -4.78. The van der Waals surface area contributed by atoms with Gasteiger partial charge in [0.15, 0.2) is 0 Å². The Hall–Kier alpha value is -3.42. The zero-order valence-corrected chi connectivity index (χ0v) is 22.4. The van der Waals surface area contributed by atoms with Gasteiger partial charge in [0.1, 0.15) is 11.8 Å². The largest absolute Gasteiger partial charge is 0.418 e. The van der Waals surface area contributed by atoms with Gasteiger partial charge in [0, 0.05) is 23.9 Å². The van der Waals surface area contributed by atoms with E-state index in [0.29, 0.717) is 46.7 Å². The first kappa shape index (κ1) is 26.8. The number of thiazole rings is 1. The highest BCUT2D eigenvalue weighted by molar-refractivity contribution is 8.00. The van der Waals surface area contributed by atoms with Crippen molar-refractivity contribution in [1.82, 2.24) is 9.47 Å². The minimum Gasteiger partial charge on any atom is -0.378 e. The number of hydrogen-bond acceptors (Lipinski definition) is 7. The predicted octanol–water partition coefficient (Wildman–Crippen LogP) is 3.58. The van der Waals surface area contributed by atoms with Crippen LogP contribution in [0, 0.1) is 5.92 Å². The Morgan fingerprint density at radius 1 is 0.950 bits per heavy atom. The van der Waals surface area contributed by atoms with Gasteiger partial charge in [0.05, 0.1) is 35.4 Å². The summed E-state index contributed by atoms with van der Waals surface area (Å²) in [7, 11) is 0. The molecular weight excluding hydrogens is 567 g/mol. The van der Waals surface area contributed by atoms with Crippen molar-refractivity contribution in [1.29, 1.82) is 0 Å². The molecule has 3 atom stereocenters. The maximum atomic E-state index is 13.9. The summed E-state index contributed by atoms with van der Waals surface area (Å²) < 4.78 is 48.2. The molecule has 0 unspecified atom stereocenters. The van der Waals surface area contributed by atoms with Crippen LogP contribution in [0.1, 0.15) is 21.9 Å². The van der Waals surface area contributed by atoms with Crippen molar-refractivity contribution in [3.05, 3.63) is 80.3 Å². The molecular formula is C27H22F3N3O5S2. The van der Waals surface area contributed by atoms with Gasteiger partial charge in [-0.1, -0.05) is 65.6 Å². The lowest BCUT2D eigenvalue weighted by Gasteiger charge is -2.31. The molecule has 3 aliphatic rings. The zero-order valence-electron chi connectivity index (χ0n) is 20.8. The molecule has 13 heteroatoms. The highest BCUT2D eigenvalue weighted by Crippen LogP contribution is 2.54. The minimum absolute atomic E-state index is 0.251. The van der Waals surface area contributed by atoms with Crippen LogP contribution in [-0.4, -0.2) is 58.7 Å². The van der Waals surface area contributed by atoms with Crippen LogP contribution in [0.4, 0.5) is 18.9 Å². The zero-order chi connectivity index (χ0) is 28.2. The Labute approximate surface area is 234 Å². The summed E-state index contributed by atoms with van der Waals surface area (Å²) >= 11 is 1.86. The molecule has 40 heavy (non-hydrogen) atoms. The second-order valence-corrected chi connectivity index (χ2v) is 11.7. The standard InChI is InChI=1S/C27H22F3N3O5S2/c28-27(29,30)16-8-4-5-9-17(16)33-23(35)20-19(15-6-2-1-3-7-15)22-25(39-21(20)24(33)36)32(26(37)40-22)14-18(34)31-10-12-38-13-11-31/h1-9,19-21H,10-14H2/t19-,20-,21+/m0/s1. The fourth-order valence-corrected chi connectivity index (χ4v) is 8.24. The summed E-state index contributed by atoms with van der Waals surface area (Å²) in [6, 6.07) is 13.3. The molecule has 3 aromatic rings. The van der Waals surface area contributed by atoms with E-state index in [0.717, 1.165) is 35.2 Å². The lowest BCUT2D eigenvalue weighted by molar-refractivity contribution is -0.137. The molecule has 0 bridgehead atoms. The van der Waals surface area contributed by atoms with Gasteiger partial charge in [0.2, 0.25) is 17.7 Å². The number of imide groups is 1. The number of rotatable bonds is 4. The molecule has 6 rings (SSSR count). The number of amides is 3. The fourth-order valence-electron chi connectivity index (χ4n) is 5.47. The van der Waals surface area contributed by atoms with Crippen molar-refractivity contribution in [2.24, 2.45) is 5.92 Å². The van der Waals surface area contributed by atoms with Crippen LogP contribution >= 0.6 is 23.1 Å². The fraction of sp³-hybridized carbons (Fsp3) is 0.333. The summed E-state index contributed by atoms with van der Waals surface area (Å²) in [4.78, 5) is 56.2. The first-order valence-electron chi connectivity index (χ1n) is 12.5. The first-order chi connectivity index (χ1) is 19.2. The number of anilines is 1. The number of fused-ring (bicyclic) bond motifs is 2. The maximum absolute atomic E-state index is 13.9. The van der Waals surface area contributed by atoms with Crippen LogP contribution in [0.25, 0.3) is 0 Å². The maximum Gasteiger partial charge on any atom is 0.418 e. The van der Waals surface area contributed by atoms with Crippen LogP contribution < -0.4 is 9.77 Å². The Bertz CT molecular complexity index is 1550. The van der Waals surface area contributed by atoms with Gasteiger partial charge in [-0.25, -0.2) is 4.90 Å². The van der Waals surface area contributed by atoms with E-state index >= 15 is 0 Å². The Balaban J connectivity index is 1.44. The van der Waals surface area contributed by atoms with Gasteiger partial charge in [0.25, 0.3) is 0 Å². The number of carbonyl (C=O) groups excluding carboxylic acids is 3. The number of aromatic nitrogens is 1. The van der Waals surface area contributed by atoms with E-state index in [1.54, 1.807) is 35.2 Å². The van der Waals surface area contributed by atoms with Crippen LogP contribution in [0.3, 0.4) is 0 Å². The molecule has 0 saturated carbocycles. The Morgan fingerprint density at radius 2 is 1.62 bits per heavy atom. The smallest absolute Gasteiger partial charge is 0.378 e. The topological polar surface area (TPSA) is 88.9 Å². The molecule has 3 amide bonds. The monoisotopic (exact) mass is 589 g/mol. The molecule has 0 spiro atoms. The number of para-hydroxylation sites is 1. The third-order valence-corrected chi connectivity index (χ3v) is 9.92. The van der Waals surface area contributed by atoms with Gasteiger partial charge in [-0.3, -0.25) is 23.7 Å². The van der Waals surface area contributed by atoms with Crippen molar-refractivity contribution in [2.75, 3.05) is 31.2 Å². The molecule has 3 aliphatic heterocycles. The summed E-state index contributed by atoms with van der Waals surface area (Å²) in [5, 5.41) is -0.691. The number of nitrogens with zero attached hydrogens (tertiary/aromatic N) is 3. The van der Waals surface area contributed by atoms with Gasteiger partial charge in [-0.15, -0.1) is 0 Å². The summed E-state index contributed by atoms with van der Waals surface area (Å²) in [6.07, 6.45) is -4.78. The molecule has 0 aliphatic carbocycles. The van der Waals surface area contributed by atoms with Crippen molar-refractivity contribution in [2.45, 2.75) is 28.9 Å². The Morgan fingerprint density at radius 3 is 2.33 bits per heavy atom. The highest BCUT2D eigenvalue weighted by Gasteiger charge is 2.57. The average molecular weight is 590 g/mol. The number of benzene rings is 2. The van der Waals surface area contributed by atoms with E-state index in [9.17, 15) is 32.3 Å². The molecule has 208 valence electrons. The lowest BCUT2D eigenvalue weighted by atomic mass is 9.83. The molecule has 1 aromatic heterocycles. The molecule has 2 aromatic carbocycles. The summed E-state index contributed by atoms with van der Waals surface area (Å²) in [6.45, 7) is 1.32.